The molecule has 10 aromatic carbocycles. The Morgan fingerprint density at radius 3 is 1.96 bits per heavy atom. The summed E-state index contributed by atoms with van der Waals surface area (Å²) in [5, 5.41) is 6.84. The summed E-state index contributed by atoms with van der Waals surface area (Å²) in [4.78, 5) is 14.9. The maximum Gasteiger partial charge on any atom is 0.147 e. The molecule has 0 spiro atoms. The fraction of sp³-hybridized carbons (Fsp3) is 0.0833. The summed E-state index contributed by atoms with van der Waals surface area (Å²) in [5.41, 5.74) is 22.8. The first-order valence-corrected chi connectivity index (χ1v) is 26.9. The Balaban J connectivity index is 0.980. The number of nitrogens with one attached hydrogen (secondary N) is 1. The minimum atomic E-state index is -0.278. The van der Waals surface area contributed by atoms with Gasteiger partial charge in [0, 0.05) is 72.3 Å². The Bertz CT molecular complexity index is 4870. The molecule has 6 nitrogen and oxygen atoms in total. The highest BCUT2D eigenvalue weighted by Crippen LogP contribution is 2.46. The van der Waals surface area contributed by atoms with Crippen LogP contribution in [0.3, 0.4) is 0 Å². The molecule has 6 heteroatoms. The van der Waals surface area contributed by atoms with E-state index in [1.807, 2.05) is 18.3 Å². The summed E-state index contributed by atoms with van der Waals surface area (Å²) >= 11 is 0. The predicted octanol–water partition coefficient (Wildman–Crippen LogP) is 19.0. The van der Waals surface area contributed by atoms with Gasteiger partial charge in [-0.2, -0.15) is 0 Å². The molecule has 0 aliphatic rings. The Hall–Kier alpha value is -9.78. The molecule has 0 unspecified atom stereocenters. The van der Waals surface area contributed by atoms with Crippen LogP contribution in [0.1, 0.15) is 41.7 Å². The fourth-order valence-corrected chi connectivity index (χ4v) is 12.8. The second-order valence-electron chi connectivity index (χ2n) is 21.6. The molecule has 5 aromatic heterocycles. The molecule has 0 radical (unpaired) electrons. The lowest BCUT2D eigenvalue weighted by Crippen LogP contribution is -2.19. The number of aromatic nitrogens is 5. The first kappa shape index (κ1) is 45.6. The van der Waals surface area contributed by atoms with Crippen LogP contribution in [-0.4, -0.2) is 24.1 Å². The van der Waals surface area contributed by atoms with Gasteiger partial charge < -0.3 is 9.40 Å². The fourth-order valence-electron chi connectivity index (χ4n) is 12.8. The standard InChI is InChI=1S/C72H53N5O/c1-43-37-44(2)67(45(3)38-43)56-33-34-57(70-68(56)55-22-12-14-24-60(55)74-70)71-75-69-52(23-16-25-61(69)76(71)51-30-27-47(28-31-51)46-17-8-6-9-18-46)48-29-32-53-58-41-59-54-21-13-15-26-64(54)78-65(59)42-63(58)77(62(53)39-48)66-40-50(35-36-73-66)72(4,5)49-19-10-7-11-20-49/h6-42,74H,1-5H3. The van der Waals surface area contributed by atoms with Crippen molar-refractivity contribution in [1.82, 2.24) is 24.1 Å². The highest BCUT2D eigenvalue weighted by atomic mass is 16.3. The number of hydrogen-bond acceptors (Lipinski definition) is 3. The van der Waals surface area contributed by atoms with Crippen molar-refractivity contribution in [2.24, 2.45) is 0 Å². The molecule has 0 bridgehead atoms. The number of imidazole rings is 1. The number of aryl methyl sites for hydroxylation is 3. The van der Waals surface area contributed by atoms with E-state index in [2.05, 4.69) is 255 Å². The molecule has 0 saturated carbocycles. The number of para-hydroxylation sites is 3. The summed E-state index contributed by atoms with van der Waals surface area (Å²) in [6, 6.07) is 78.9. The number of rotatable bonds is 8. The second-order valence-corrected chi connectivity index (χ2v) is 21.6. The van der Waals surface area contributed by atoms with E-state index in [-0.39, 0.29) is 5.41 Å². The van der Waals surface area contributed by atoms with Crippen molar-refractivity contribution in [2.45, 2.75) is 40.0 Å². The van der Waals surface area contributed by atoms with Crippen LogP contribution < -0.4 is 0 Å². The maximum absolute atomic E-state index is 6.58. The van der Waals surface area contributed by atoms with Gasteiger partial charge in [0.2, 0.25) is 0 Å². The van der Waals surface area contributed by atoms with Crippen molar-refractivity contribution in [2.75, 3.05) is 0 Å². The molecular formula is C72H53N5O. The van der Waals surface area contributed by atoms with E-state index in [1.54, 1.807) is 0 Å². The molecule has 15 rings (SSSR count). The van der Waals surface area contributed by atoms with Crippen LogP contribution in [-0.2, 0) is 5.41 Å². The van der Waals surface area contributed by atoms with Crippen LogP contribution in [0.15, 0.2) is 229 Å². The van der Waals surface area contributed by atoms with Gasteiger partial charge in [-0.05, 0) is 132 Å². The predicted molar refractivity (Wildman–Crippen MR) is 324 cm³/mol. The van der Waals surface area contributed by atoms with Gasteiger partial charge in [0.25, 0.3) is 0 Å². The average Bonchev–Trinajstić information content (AvgIpc) is 4.30. The van der Waals surface area contributed by atoms with Crippen LogP contribution in [0.5, 0.6) is 0 Å². The van der Waals surface area contributed by atoms with Crippen LogP contribution in [0.25, 0.3) is 133 Å². The largest absolute Gasteiger partial charge is 0.456 e. The van der Waals surface area contributed by atoms with Crippen LogP contribution in [0.4, 0.5) is 0 Å². The average molecular weight is 1000 g/mol. The van der Waals surface area contributed by atoms with Gasteiger partial charge in [0.05, 0.1) is 27.6 Å². The zero-order valence-electron chi connectivity index (χ0n) is 44.1. The molecule has 0 aliphatic carbocycles. The zero-order chi connectivity index (χ0) is 52.4. The van der Waals surface area contributed by atoms with Crippen molar-refractivity contribution in [3.63, 3.8) is 0 Å². The van der Waals surface area contributed by atoms with Gasteiger partial charge in [-0.25, -0.2) is 9.97 Å². The number of aromatic amines is 1. The Morgan fingerprint density at radius 1 is 0.462 bits per heavy atom. The summed E-state index contributed by atoms with van der Waals surface area (Å²) in [7, 11) is 0. The van der Waals surface area contributed by atoms with Gasteiger partial charge in [-0.1, -0.05) is 171 Å². The summed E-state index contributed by atoms with van der Waals surface area (Å²) in [6.07, 6.45) is 1.96. The molecule has 0 amide bonds. The quantitative estimate of drug-likeness (QED) is 0.165. The number of H-pyrrole nitrogens is 1. The Kier molecular flexibility index (Phi) is 10.2. The van der Waals surface area contributed by atoms with Crippen molar-refractivity contribution < 1.29 is 4.42 Å². The molecule has 0 fully saturated rings. The van der Waals surface area contributed by atoms with Crippen LogP contribution >= 0.6 is 0 Å². The molecule has 372 valence electrons. The summed E-state index contributed by atoms with van der Waals surface area (Å²) in [6.45, 7) is 11.2. The molecular weight excluding hydrogens is 951 g/mol. The van der Waals surface area contributed by atoms with Crippen molar-refractivity contribution in [1.29, 1.82) is 0 Å². The molecule has 15 aromatic rings. The number of nitrogens with zero attached hydrogens (tertiary/aromatic N) is 4. The monoisotopic (exact) mass is 1000 g/mol. The lowest BCUT2D eigenvalue weighted by Gasteiger charge is -2.26. The van der Waals surface area contributed by atoms with Gasteiger partial charge in [0.1, 0.15) is 22.8 Å². The van der Waals surface area contributed by atoms with E-state index < -0.39 is 0 Å². The van der Waals surface area contributed by atoms with E-state index in [1.165, 1.54) is 55.3 Å². The normalized spacial score (nSPS) is 12.2. The highest BCUT2D eigenvalue weighted by molar-refractivity contribution is 6.20. The smallest absolute Gasteiger partial charge is 0.147 e. The van der Waals surface area contributed by atoms with Gasteiger partial charge in [0.15, 0.2) is 0 Å². The van der Waals surface area contributed by atoms with E-state index in [0.29, 0.717) is 0 Å². The lowest BCUT2D eigenvalue weighted by atomic mass is 9.78. The molecule has 0 saturated heterocycles. The minimum Gasteiger partial charge on any atom is -0.456 e. The van der Waals surface area contributed by atoms with Crippen LogP contribution in [0.2, 0.25) is 0 Å². The van der Waals surface area contributed by atoms with Crippen molar-refractivity contribution in [3.8, 4) is 56.3 Å². The Morgan fingerprint density at radius 2 is 1.15 bits per heavy atom. The Labute approximate surface area is 451 Å². The van der Waals surface area contributed by atoms with E-state index >= 15 is 0 Å². The maximum atomic E-state index is 6.58. The minimum absolute atomic E-state index is 0.278. The number of furan rings is 1. The number of benzene rings is 10. The van der Waals surface area contributed by atoms with E-state index in [9.17, 15) is 0 Å². The highest BCUT2D eigenvalue weighted by Gasteiger charge is 2.27. The summed E-state index contributed by atoms with van der Waals surface area (Å²) in [5.74, 6) is 1.70. The molecule has 78 heavy (non-hydrogen) atoms. The zero-order valence-corrected chi connectivity index (χ0v) is 44.1. The first-order valence-electron chi connectivity index (χ1n) is 26.9. The lowest BCUT2D eigenvalue weighted by molar-refractivity contribution is 0.639. The van der Waals surface area contributed by atoms with Gasteiger partial charge in [-0.3, -0.25) is 9.13 Å². The van der Waals surface area contributed by atoms with E-state index in [4.69, 9.17) is 14.4 Å². The number of pyridine rings is 1. The first-order chi connectivity index (χ1) is 38.2. The van der Waals surface area contributed by atoms with Crippen LogP contribution in [0, 0.1) is 20.8 Å². The SMILES string of the molecule is Cc1cc(C)c(-c2ccc(-c3nc4c(-c5ccc6c7cc8c(cc7n(-c7cc(C(C)(C)c9ccccc9)ccn7)c6c5)oc5ccccc58)cccc4n3-c3ccc(-c4ccccc4)cc3)c3[nH]c4ccccc4c23)c(C)c1. The topological polar surface area (TPSA) is 64.6 Å². The number of fused-ring (bicyclic) bond motifs is 10. The molecule has 0 aliphatic heterocycles. The van der Waals surface area contributed by atoms with Crippen molar-refractivity contribution in [3.05, 3.63) is 252 Å². The molecule has 5 heterocycles. The van der Waals surface area contributed by atoms with Crippen molar-refractivity contribution >= 4 is 76.6 Å². The van der Waals surface area contributed by atoms with Gasteiger partial charge >= 0.3 is 0 Å². The number of hydrogen-bond donors (Lipinski definition) is 1. The molecule has 1 N–H and O–H groups in total. The van der Waals surface area contributed by atoms with Gasteiger partial charge in [-0.15, -0.1) is 0 Å². The molecule has 0 atom stereocenters. The van der Waals surface area contributed by atoms with E-state index in [0.717, 1.165) is 105 Å². The third-order valence-electron chi connectivity index (χ3n) is 16.5. The second kappa shape index (κ2) is 17.4. The summed E-state index contributed by atoms with van der Waals surface area (Å²) < 4.78 is 11.3. The third kappa shape index (κ3) is 7.03. The third-order valence-corrected chi connectivity index (χ3v) is 16.5.